The number of halogens is 1. The smallest absolute Gasteiger partial charge is 0.280 e. The van der Waals surface area contributed by atoms with E-state index < -0.39 is 0 Å². The molecule has 0 fully saturated rings. The first-order chi connectivity index (χ1) is 15.5. The van der Waals surface area contributed by atoms with Gasteiger partial charge in [0.2, 0.25) is 11.7 Å². The molecule has 5 rings (SSSR count). The highest BCUT2D eigenvalue weighted by Gasteiger charge is 2.20. The predicted molar refractivity (Wildman–Crippen MR) is 114 cm³/mol. The average Bonchev–Trinajstić information content (AvgIpc) is 3.49. The van der Waals surface area contributed by atoms with Gasteiger partial charge in [0.15, 0.2) is 5.69 Å². The summed E-state index contributed by atoms with van der Waals surface area (Å²) >= 11 is 0. The number of benzene rings is 2. The molecule has 8 nitrogen and oxygen atoms in total. The molecule has 0 saturated heterocycles. The Balaban J connectivity index is 1.40. The van der Waals surface area contributed by atoms with Gasteiger partial charge >= 0.3 is 0 Å². The molecule has 0 amide bonds. The number of aromatic nitrogens is 6. The van der Waals surface area contributed by atoms with Crippen LogP contribution in [0.1, 0.15) is 22.7 Å². The topological polar surface area (TPSA) is 95.7 Å². The Bertz CT molecular complexity index is 1400. The molecule has 0 N–H and O–H groups in total. The second kappa shape index (κ2) is 7.84. The van der Waals surface area contributed by atoms with Crippen LogP contribution in [-0.4, -0.2) is 30.1 Å². The van der Waals surface area contributed by atoms with Crippen LogP contribution in [0.5, 0.6) is 0 Å². The van der Waals surface area contributed by atoms with Crippen LogP contribution in [0.25, 0.3) is 34.4 Å². The van der Waals surface area contributed by atoms with Gasteiger partial charge in [-0.05, 0) is 57.2 Å². The third-order valence-electron chi connectivity index (χ3n) is 5.17. The summed E-state index contributed by atoms with van der Waals surface area (Å²) in [6.45, 7) is 6.16. The Kier molecular flexibility index (Phi) is 4.85. The zero-order valence-corrected chi connectivity index (χ0v) is 17.7. The molecule has 0 radical (unpaired) electrons. The first-order valence-corrected chi connectivity index (χ1v) is 10.0. The van der Waals surface area contributed by atoms with Crippen molar-refractivity contribution >= 4 is 0 Å². The largest absolute Gasteiger partial charge is 0.441 e. The van der Waals surface area contributed by atoms with E-state index >= 15 is 0 Å². The molecule has 5 aromatic rings. The monoisotopic (exact) mass is 430 g/mol. The molecule has 0 saturated carbocycles. The summed E-state index contributed by atoms with van der Waals surface area (Å²) in [6.07, 6.45) is 0. The lowest BCUT2D eigenvalue weighted by atomic mass is 10.1. The molecule has 0 aliphatic carbocycles. The lowest BCUT2D eigenvalue weighted by Crippen LogP contribution is -2.05. The second-order valence-corrected chi connectivity index (χ2v) is 7.50. The van der Waals surface area contributed by atoms with E-state index in [1.54, 1.807) is 16.8 Å². The van der Waals surface area contributed by atoms with E-state index in [1.807, 2.05) is 45.0 Å². The van der Waals surface area contributed by atoms with Crippen molar-refractivity contribution in [3.63, 3.8) is 0 Å². The summed E-state index contributed by atoms with van der Waals surface area (Å²) in [6, 6.07) is 13.9. The molecule has 3 heterocycles. The molecule has 0 aliphatic heterocycles. The van der Waals surface area contributed by atoms with E-state index in [2.05, 4.69) is 25.4 Å². The van der Waals surface area contributed by atoms with Gasteiger partial charge < -0.3 is 8.94 Å². The van der Waals surface area contributed by atoms with E-state index in [0.29, 0.717) is 35.3 Å². The molecule has 0 atom stereocenters. The molecule has 0 spiro atoms. The molecular weight excluding hydrogens is 411 g/mol. The zero-order valence-electron chi connectivity index (χ0n) is 17.7. The highest BCUT2D eigenvalue weighted by atomic mass is 19.1. The van der Waals surface area contributed by atoms with Crippen molar-refractivity contribution in [2.75, 3.05) is 0 Å². The Morgan fingerprint density at radius 3 is 2.53 bits per heavy atom. The predicted octanol–water partition coefficient (Wildman–Crippen LogP) is 4.76. The first kappa shape index (κ1) is 19.8. The maximum Gasteiger partial charge on any atom is 0.280 e. The summed E-state index contributed by atoms with van der Waals surface area (Å²) in [7, 11) is 0. The van der Waals surface area contributed by atoms with Crippen molar-refractivity contribution in [1.82, 2.24) is 30.1 Å². The maximum atomic E-state index is 13.2. The van der Waals surface area contributed by atoms with Crippen molar-refractivity contribution in [1.29, 1.82) is 0 Å². The molecule has 0 unspecified atom stereocenters. The molecule has 160 valence electrons. The third kappa shape index (κ3) is 3.68. The molecule has 9 heteroatoms. The highest BCUT2D eigenvalue weighted by molar-refractivity contribution is 5.58. The SMILES string of the molecule is Cc1cccc(-c2nc(Cn3nnc(-c4nc(-c5ccc(F)cc5)no4)c3C)c(C)o2)c1. The highest BCUT2D eigenvalue weighted by Crippen LogP contribution is 2.26. The van der Waals surface area contributed by atoms with Crippen LogP contribution in [0.2, 0.25) is 0 Å². The van der Waals surface area contributed by atoms with Crippen LogP contribution in [0.15, 0.2) is 57.5 Å². The number of oxazole rings is 1. The number of hydrogen-bond acceptors (Lipinski definition) is 7. The van der Waals surface area contributed by atoms with Crippen molar-refractivity contribution < 1.29 is 13.3 Å². The minimum absolute atomic E-state index is 0.241. The Morgan fingerprint density at radius 1 is 0.938 bits per heavy atom. The lowest BCUT2D eigenvalue weighted by Gasteiger charge is -2.00. The Labute approximate surface area is 182 Å². The van der Waals surface area contributed by atoms with Crippen molar-refractivity contribution in [2.45, 2.75) is 27.3 Å². The van der Waals surface area contributed by atoms with Crippen molar-refractivity contribution in [3.8, 4) is 34.4 Å². The minimum atomic E-state index is -0.329. The molecular formula is C23H19FN6O2. The van der Waals surface area contributed by atoms with Crippen LogP contribution in [0.3, 0.4) is 0 Å². The van der Waals surface area contributed by atoms with Crippen LogP contribution in [-0.2, 0) is 6.54 Å². The minimum Gasteiger partial charge on any atom is -0.441 e. The zero-order chi connectivity index (χ0) is 22.2. The number of nitrogens with zero attached hydrogens (tertiary/aromatic N) is 6. The summed E-state index contributed by atoms with van der Waals surface area (Å²) in [4.78, 5) is 9.03. The van der Waals surface area contributed by atoms with Crippen LogP contribution in [0, 0.1) is 26.6 Å². The van der Waals surface area contributed by atoms with Gasteiger partial charge in [0, 0.05) is 11.1 Å². The number of aryl methyl sites for hydroxylation is 2. The third-order valence-corrected chi connectivity index (χ3v) is 5.17. The van der Waals surface area contributed by atoms with Gasteiger partial charge in [-0.15, -0.1) is 5.10 Å². The summed E-state index contributed by atoms with van der Waals surface area (Å²) in [5, 5.41) is 12.4. The van der Waals surface area contributed by atoms with Crippen molar-refractivity contribution in [3.05, 3.63) is 77.1 Å². The van der Waals surface area contributed by atoms with E-state index in [0.717, 1.165) is 22.5 Å². The fourth-order valence-corrected chi connectivity index (χ4v) is 3.36. The maximum absolute atomic E-state index is 13.2. The van der Waals surface area contributed by atoms with E-state index in [-0.39, 0.29) is 11.7 Å². The average molecular weight is 430 g/mol. The fraction of sp³-hybridized carbons (Fsp3) is 0.174. The summed E-state index contributed by atoms with van der Waals surface area (Å²) in [5.41, 5.74) is 4.70. The van der Waals surface area contributed by atoms with Gasteiger partial charge in [-0.1, -0.05) is 28.1 Å². The molecule has 32 heavy (non-hydrogen) atoms. The molecule has 2 aromatic carbocycles. The van der Waals surface area contributed by atoms with Crippen molar-refractivity contribution in [2.24, 2.45) is 0 Å². The van der Waals surface area contributed by atoms with E-state index in [9.17, 15) is 4.39 Å². The number of rotatable bonds is 5. The molecule has 3 aromatic heterocycles. The molecule has 0 aliphatic rings. The van der Waals surface area contributed by atoms with Gasteiger partial charge in [0.1, 0.15) is 17.3 Å². The standard InChI is InChI=1S/C23H19FN6O2/c1-13-5-4-6-17(11-13)22-25-19(15(3)31-22)12-30-14(2)20(27-29-30)23-26-21(28-32-23)16-7-9-18(24)10-8-16/h4-11H,12H2,1-3H3. The van der Waals surface area contributed by atoms with Crippen LogP contribution < -0.4 is 0 Å². The van der Waals surface area contributed by atoms with E-state index in [4.69, 9.17) is 8.94 Å². The van der Waals surface area contributed by atoms with Crippen LogP contribution in [0.4, 0.5) is 4.39 Å². The Morgan fingerprint density at radius 2 is 1.75 bits per heavy atom. The quantitative estimate of drug-likeness (QED) is 0.396. The van der Waals surface area contributed by atoms with Gasteiger partial charge in [-0.3, -0.25) is 0 Å². The Hall–Kier alpha value is -4.14. The molecule has 0 bridgehead atoms. The lowest BCUT2D eigenvalue weighted by molar-refractivity contribution is 0.430. The number of hydrogen-bond donors (Lipinski definition) is 0. The summed E-state index contributed by atoms with van der Waals surface area (Å²) < 4.78 is 26.1. The first-order valence-electron chi connectivity index (χ1n) is 10.0. The van der Waals surface area contributed by atoms with E-state index in [1.165, 1.54) is 12.1 Å². The second-order valence-electron chi connectivity index (χ2n) is 7.50. The van der Waals surface area contributed by atoms with Gasteiger partial charge in [-0.2, -0.15) is 4.98 Å². The summed E-state index contributed by atoms with van der Waals surface area (Å²) in [5.74, 6) is 1.55. The van der Waals surface area contributed by atoms with Crippen LogP contribution >= 0.6 is 0 Å². The van der Waals surface area contributed by atoms with Gasteiger partial charge in [-0.25, -0.2) is 14.1 Å². The van der Waals surface area contributed by atoms with Gasteiger partial charge in [0.05, 0.1) is 12.2 Å². The normalized spacial score (nSPS) is 11.2. The fourth-order valence-electron chi connectivity index (χ4n) is 3.36. The van der Waals surface area contributed by atoms with Gasteiger partial charge in [0.25, 0.3) is 5.89 Å².